The molecular formula is C38H61N3O8. The number of carbonyl (C=O) groups excluding carboxylic acids is 4. The first-order valence-electron chi connectivity index (χ1n) is 18.0. The molecule has 11 nitrogen and oxygen atoms in total. The monoisotopic (exact) mass is 687 g/mol. The van der Waals surface area contributed by atoms with E-state index in [-0.39, 0.29) is 41.3 Å². The molecule has 0 radical (unpaired) electrons. The van der Waals surface area contributed by atoms with Crippen molar-refractivity contribution in [1.82, 2.24) is 15.1 Å². The van der Waals surface area contributed by atoms with Gasteiger partial charge in [-0.1, -0.05) is 18.2 Å². The third-order valence-corrected chi connectivity index (χ3v) is 9.87. The zero-order valence-corrected chi connectivity index (χ0v) is 31.4. The van der Waals surface area contributed by atoms with Gasteiger partial charge in [0.15, 0.2) is 5.78 Å². The Morgan fingerprint density at radius 1 is 0.755 bits per heavy atom. The number of aliphatic carboxylic acids is 1. The molecule has 49 heavy (non-hydrogen) atoms. The second-order valence-electron chi connectivity index (χ2n) is 17.2. The zero-order valence-electron chi connectivity index (χ0n) is 31.4. The Labute approximate surface area is 293 Å². The van der Waals surface area contributed by atoms with Crippen LogP contribution in [0, 0.1) is 22.7 Å². The summed E-state index contributed by atoms with van der Waals surface area (Å²) in [6, 6.07) is 0. The number of hydrogen-bond donors (Lipinski definition) is 2. The van der Waals surface area contributed by atoms with Crippen LogP contribution in [0.1, 0.15) is 120 Å². The van der Waals surface area contributed by atoms with E-state index in [1.807, 2.05) is 68.4 Å². The molecule has 2 fully saturated rings. The molecule has 2 saturated heterocycles. The number of hydrogen-bond acceptors (Lipinski definition) is 7. The van der Waals surface area contributed by atoms with E-state index in [2.05, 4.69) is 17.5 Å². The molecule has 0 spiro atoms. The maximum Gasteiger partial charge on any atom is 0.410 e. The van der Waals surface area contributed by atoms with Crippen LogP contribution < -0.4 is 5.32 Å². The predicted molar refractivity (Wildman–Crippen MR) is 188 cm³/mol. The van der Waals surface area contributed by atoms with Gasteiger partial charge in [0.25, 0.3) is 0 Å². The summed E-state index contributed by atoms with van der Waals surface area (Å²) in [5, 5.41) is 12.9. The Balaban J connectivity index is 0.000000271. The zero-order chi connectivity index (χ0) is 36.8. The van der Waals surface area contributed by atoms with Crippen molar-refractivity contribution in [1.29, 1.82) is 0 Å². The summed E-state index contributed by atoms with van der Waals surface area (Å²) < 4.78 is 10.9. The average Bonchev–Trinajstić information content (AvgIpc) is 2.99. The quantitative estimate of drug-likeness (QED) is 0.304. The summed E-state index contributed by atoms with van der Waals surface area (Å²) in [4.78, 5) is 64.6. The maximum absolute atomic E-state index is 13.3. The van der Waals surface area contributed by atoms with Crippen molar-refractivity contribution >= 4 is 29.8 Å². The lowest BCUT2D eigenvalue weighted by Crippen LogP contribution is -2.57. The molecule has 3 amide bonds. The van der Waals surface area contributed by atoms with Gasteiger partial charge in [0, 0.05) is 38.1 Å². The highest BCUT2D eigenvalue weighted by molar-refractivity contribution is 5.91. The molecule has 276 valence electrons. The summed E-state index contributed by atoms with van der Waals surface area (Å²) in [5.41, 5.74) is -2.72. The molecule has 2 atom stereocenters. The Hall–Kier alpha value is -3.37. The number of allylic oxidation sites excluding steroid dienone is 4. The standard InChI is InChI=1S/C21H34N2O4.C17H27NO4/c1-19(2,3)22-17(25)21(15-7-9-16(24)10-8-15)11-13-23(14-12-21)18(26)27-20(4,5)6;1-16(2,3)22-15(21)18-11-9-17(10-12-18,14(19)20)13-7-5-4-6-8-13/h7,9,15H,8,10-14H2,1-6H3,(H,22,25);5,7,13H,4,6,8-12H2,1-3H3,(H,19,20). The second-order valence-corrected chi connectivity index (χ2v) is 17.2. The Bertz CT molecular complexity index is 1270. The third-order valence-electron chi connectivity index (χ3n) is 9.87. The number of piperidine rings is 2. The van der Waals surface area contributed by atoms with Crippen molar-refractivity contribution in [3.8, 4) is 0 Å². The third kappa shape index (κ3) is 11.1. The van der Waals surface area contributed by atoms with Crippen LogP contribution in [-0.2, 0) is 23.9 Å². The first-order valence-corrected chi connectivity index (χ1v) is 18.0. The van der Waals surface area contributed by atoms with E-state index in [0.29, 0.717) is 64.7 Å². The highest BCUT2D eigenvalue weighted by atomic mass is 16.6. The summed E-state index contributed by atoms with van der Waals surface area (Å²) in [5.74, 6) is -0.502. The molecule has 0 aromatic carbocycles. The van der Waals surface area contributed by atoms with Crippen LogP contribution in [-0.4, -0.2) is 87.7 Å². The smallest absolute Gasteiger partial charge is 0.410 e. The SMILES string of the molecule is CC(C)(C)NC(=O)C1(C2C=CC(=O)CC2)CCN(C(=O)OC(C)(C)C)CC1.CC(C)(C)OC(=O)N1CCC(C(=O)O)(C2C=CCCC2)CC1. The maximum atomic E-state index is 13.3. The number of ether oxygens (including phenoxy) is 2. The van der Waals surface area contributed by atoms with Crippen LogP contribution in [0.3, 0.4) is 0 Å². The van der Waals surface area contributed by atoms with Gasteiger partial charge in [0.1, 0.15) is 11.2 Å². The molecule has 2 N–H and O–H groups in total. The van der Waals surface area contributed by atoms with E-state index in [1.165, 1.54) is 0 Å². The number of amides is 3. The van der Waals surface area contributed by atoms with Crippen molar-refractivity contribution in [3.63, 3.8) is 0 Å². The van der Waals surface area contributed by atoms with Gasteiger partial charge in [0.2, 0.25) is 5.91 Å². The van der Waals surface area contributed by atoms with Crippen molar-refractivity contribution in [2.24, 2.45) is 22.7 Å². The molecule has 0 aromatic rings. The van der Waals surface area contributed by atoms with Crippen molar-refractivity contribution < 1.29 is 38.6 Å². The lowest BCUT2D eigenvalue weighted by atomic mass is 9.64. The molecular weight excluding hydrogens is 626 g/mol. The van der Waals surface area contributed by atoms with Gasteiger partial charge >= 0.3 is 18.2 Å². The van der Waals surface area contributed by atoms with Crippen molar-refractivity contribution in [3.05, 3.63) is 24.3 Å². The minimum absolute atomic E-state index is 0.0123. The fourth-order valence-electron chi connectivity index (χ4n) is 7.24. The number of rotatable bonds is 4. The van der Waals surface area contributed by atoms with Crippen LogP contribution in [0.5, 0.6) is 0 Å². The summed E-state index contributed by atoms with van der Waals surface area (Å²) in [6.45, 7) is 18.8. The molecule has 11 heteroatoms. The molecule has 2 aliphatic carbocycles. The topological polar surface area (TPSA) is 143 Å². The highest BCUT2D eigenvalue weighted by Crippen LogP contribution is 2.45. The molecule has 2 heterocycles. The van der Waals surface area contributed by atoms with Gasteiger partial charge in [-0.05, 0) is 132 Å². The van der Waals surface area contributed by atoms with Gasteiger partial charge in [-0.15, -0.1) is 0 Å². The fourth-order valence-corrected chi connectivity index (χ4v) is 7.24. The van der Waals surface area contributed by atoms with Gasteiger partial charge in [0.05, 0.1) is 10.8 Å². The van der Waals surface area contributed by atoms with E-state index < -0.39 is 28.0 Å². The van der Waals surface area contributed by atoms with Crippen molar-refractivity contribution in [2.45, 2.75) is 137 Å². The molecule has 2 aliphatic heterocycles. The Morgan fingerprint density at radius 3 is 1.59 bits per heavy atom. The Morgan fingerprint density at radius 2 is 1.22 bits per heavy atom. The molecule has 0 saturated carbocycles. The van der Waals surface area contributed by atoms with E-state index in [1.54, 1.807) is 15.9 Å². The number of nitrogens with zero attached hydrogens (tertiary/aromatic N) is 2. The van der Waals surface area contributed by atoms with E-state index in [9.17, 15) is 29.1 Å². The van der Waals surface area contributed by atoms with E-state index >= 15 is 0 Å². The van der Waals surface area contributed by atoms with Crippen LogP contribution >= 0.6 is 0 Å². The van der Waals surface area contributed by atoms with Crippen LogP contribution in [0.2, 0.25) is 0 Å². The minimum Gasteiger partial charge on any atom is -0.481 e. The normalized spacial score (nSPS) is 23.9. The van der Waals surface area contributed by atoms with E-state index in [4.69, 9.17) is 9.47 Å². The number of carboxylic acid groups (broad SMARTS) is 1. The molecule has 0 bridgehead atoms. The fraction of sp³-hybridized carbons (Fsp3) is 0.763. The van der Waals surface area contributed by atoms with Gasteiger partial charge in [-0.2, -0.15) is 0 Å². The summed E-state index contributed by atoms with van der Waals surface area (Å²) in [6.07, 6.45) is 13.3. The lowest BCUT2D eigenvalue weighted by Gasteiger charge is -2.46. The molecule has 4 aliphatic rings. The molecule has 4 rings (SSSR count). The Kier molecular flexibility index (Phi) is 12.8. The predicted octanol–water partition coefficient (Wildman–Crippen LogP) is 6.90. The number of carboxylic acids is 1. The number of likely N-dealkylation sites (tertiary alicyclic amines) is 2. The van der Waals surface area contributed by atoms with E-state index in [0.717, 1.165) is 19.3 Å². The van der Waals surface area contributed by atoms with Gasteiger partial charge in [-0.25, -0.2) is 9.59 Å². The van der Waals surface area contributed by atoms with Crippen molar-refractivity contribution in [2.75, 3.05) is 26.2 Å². The number of carbonyl (C=O) groups is 5. The summed E-state index contributed by atoms with van der Waals surface area (Å²) >= 11 is 0. The number of nitrogens with one attached hydrogen (secondary N) is 1. The van der Waals surface area contributed by atoms with Crippen LogP contribution in [0.25, 0.3) is 0 Å². The average molecular weight is 688 g/mol. The van der Waals surface area contributed by atoms with Gasteiger partial charge < -0.3 is 29.7 Å². The van der Waals surface area contributed by atoms with Gasteiger partial charge in [-0.3, -0.25) is 14.4 Å². The highest BCUT2D eigenvalue weighted by Gasteiger charge is 2.49. The molecule has 0 aromatic heterocycles. The lowest BCUT2D eigenvalue weighted by molar-refractivity contribution is -0.155. The number of ketones is 1. The summed E-state index contributed by atoms with van der Waals surface area (Å²) in [7, 11) is 0. The molecule has 2 unspecified atom stereocenters. The first-order chi connectivity index (χ1) is 22.6. The van der Waals surface area contributed by atoms with Crippen LogP contribution in [0.4, 0.5) is 9.59 Å². The minimum atomic E-state index is -0.729. The second kappa shape index (κ2) is 15.7. The van der Waals surface area contributed by atoms with Crippen LogP contribution in [0.15, 0.2) is 24.3 Å². The largest absolute Gasteiger partial charge is 0.481 e. The first kappa shape index (κ1) is 40.1.